The van der Waals surface area contributed by atoms with Gasteiger partial charge in [-0.15, -0.1) is 11.3 Å². The topological polar surface area (TPSA) is 57.6 Å². The minimum Gasteiger partial charge on any atom is -0.477 e. The maximum atomic E-state index is 12.0. The van der Waals surface area contributed by atoms with Crippen LogP contribution in [0.3, 0.4) is 0 Å². The first kappa shape index (κ1) is 13.7. The largest absolute Gasteiger partial charge is 0.477 e. The molecule has 94 valence electrons. The molecule has 0 aliphatic heterocycles. The van der Waals surface area contributed by atoms with Crippen LogP contribution >= 0.6 is 11.3 Å². The Kier molecular flexibility index (Phi) is 4.69. The van der Waals surface area contributed by atoms with Crippen LogP contribution < -0.4 is 0 Å². The van der Waals surface area contributed by atoms with Crippen LogP contribution in [0.1, 0.15) is 39.6 Å². The summed E-state index contributed by atoms with van der Waals surface area (Å²) in [5, 5.41) is 8.79. The number of carboxylic acid groups (broad SMARTS) is 1. The van der Waals surface area contributed by atoms with E-state index in [0.717, 1.165) is 17.8 Å². The van der Waals surface area contributed by atoms with Crippen LogP contribution in [0, 0.1) is 5.92 Å². The molecule has 1 unspecified atom stereocenters. The fraction of sp³-hybridized carbons (Fsp3) is 0.500. The van der Waals surface area contributed by atoms with Gasteiger partial charge in [0.1, 0.15) is 4.88 Å². The van der Waals surface area contributed by atoms with Gasteiger partial charge in [-0.25, -0.2) is 4.79 Å². The van der Waals surface area contributed by atoms with Crippen molar-refractivity contribution in [1.29, 1.82) is 0 Å². The zero-order chi connectivity index (χ0) is 13.0. The van der Waals surface area contributed by atoms with Crippen LogP contribution in [-0.4, -0.2) is 35.5 Å². The lowest BCUT2D eigenvalue weighted by Crippen LogP contribution is -2.30. The fourth-order valence-corrected chi connectivity index (χ4v) is 2.27. The molecule has 1 aromatic heterocycles. The zero-order valence-corrected chi connectivity index (χ0v) is 11.1. The van der Waals surface area contributed by atoms with Gasteiger partial charge >= 0.3 is 5.97 Å². The molecule has 1 heterocycles. The highest BCUT2D eigenvalue weighted by atomic mass is 32.1. The van der Waals surface area contributed by atoms with Gasteiger partial charge in [0.2, 0.25) is 0 Å². The van der Waals surface area contributed by atoms with E-state index in [2.05, 4.69) is 13.8 Å². The number of amides is 1. The smallest absolute Gasteiger partial charge is 0.345 e. The van der Waals surface area contributed by atoms with Gasteiger partial charge in [-0.2, -0.15) is 0 Å². The number of carbonyl (C=O) groups is 2. The molecule has 1 amide bonds. The fourth-order valence-electron chi connectivity index (χ4n) is 1.44. The van der Waals surface area contributed by atoms with E-state index < -0.39 is 5.97 Å². The second-order valence-corrected chi connectivity index (χ2v) is 5.25. The van der Waals surface area contributed by atoms with Crippen molar-refractivity contribution in [3.8, 4) is 0 Å². The Balaban J connectivity index is 2.71. The lowest BCUT2D eigenvalue weighted by Gasteiger charge is -2.19. The molecule has 5 heteroatoms. The Morgan fingerprint density at radius 3 is 2.47 bits per heavy atom. The van der Waals surface area contributed by atoms with Gasteiger partial charge in [0.25, 0.3) is 5.91 Å². The average molecular weight is 255 g/mol. The second-order valence-electron chi connectivity index (χ2n) is 4.17. The molecule has 0 aromatic carbocycles. The van der Waals surface area contributed by atoms with Crippen LogP contribution in [0.5, 0.6) is 0 Å². The Bertz CT molecular complexity index is 414. The molecule has 4 nitrogen and oxygen atoms in total. The van der Waals surface area contributed by atoms with Crippen LogP contribution in [0.2, 0.25) is 0 Å². The molecule has 0 fully saturated rings. The van der Waals surface area contributed by atoms with Gasteiger partial charge in [-0.3, -0.25) is 4.79 Å². The lowest BCUT2D eigenvalue weighted by atomic mass is 10.1. The van der Waals surface area contributed by atoms with Gasteiger partial charge in [-0.1, -0.05) is 20.3 Å². The van der Waals surface area contributed by atoms with E-state index in [-0.39, 0.29) is 10.8 Å². The van der Waals surface area contributed by atoms with E-state index >= 15 is 0 Å². The predicted octanol–water partition coefficient (Wildman–Crippen LogP) is 2.56. The molecule has 1 N–H and O–H groups in total. The van der Waals surface area contributed by atoms with Crippen LogP contribution in [0.15, 0.2) is 12.1 Å². The van der Waals surface area contributed by atoms with Crippen molar-refractivity contribution in [3.05, 3.63) is 21.9 Å². The van der Waals surface area contributed by atoms with E-state index in [1.54, 1.807) is 18.0 Å². The predicted molar refractivity (Wildman–Crippen MR) is 67.7 cm³/mol. The molecule has 1 rings (SSSR count). The van der Waals surface area contributed by atoms with Gasteiger partial charge in [0, 0.05) is 13.6 Å². The van der Waals surface area contributed by atoms with E-state index in [4.69, 9.17) is 5.11 Å². The van der Waals surface area contributed by atoms with Crippen molar-refractivity contribution in [3.63, 3.8) is 0 Å². The highest BCUT2D eigenvalue weighted by Gasteiger charge is 2.17. The maximum Gasteiger partial charge on any atom is 0.345 e. The Labute approximate surface area is 105 Å². The van der Waals surface area contributed by atoms with Crippen molar-refractivity contribution in [2.75, 3.05) is 13.6 Å². The number of rotatable bonds is 5. The first-order valence-corrected chi connectivity index (χ1v) is 6.36. The third-order valence-corrected chi connectivity index (χ3v) is 3.72. The Morgan fingerprint density at radius 2 is 2.00 bits per heavy atom. The van der Waals surface area contributed by atoms with Crippen LogP contribution in [0.4, 0.5) is 0 Å². The number of carbonyl (C=O) groups excluding carboxylic acids is 1. The molecular formula is C12H17NO3S. The normalized spacial score (nSPS) is 12.2. The molecule has 1 aromatic rings. The summed E-state index contributed by atoms with van der Waals surface area (Å²) in [7, 11) is 1.74. The van der Waals surface area contributed by atoms with E-state index in [0.29, 0.717) is 17.3 Å². The summed E-state index contributed by atoms with van der Waals surface area (Å²) in [5.74, 6) is -0.649. The molecule has 0 aliphatic rings. The lowest BCUT2D eigenvalue weighted by molar-refractivity contribution is 0.0701. The number of nitrogens with zero attached hydrogens (tertiary/aromatic N) is 1. The SMILES string of the molecule is CCC(C)CN(C)C(=O)c1ccc(C(=O)O)s1. The van der Waals surface area contributed by atoms with Crippen molar-refractivity contribution in [2.24, 2.45) is 5.92 Å². The molecule has 0 saturated heterocycles. The Morgan fingerprint density at radius 1 is 1.41 bits per heavy atom. The quantitative estimate of drug-likeness (QED) is 0.879. The highest BCUT2D eigenvalue weighted by Crippen LogP contribution is 2.18. The number of hydrogen-bond donors (Lipinski definition) is 1. The van der Waals surface area contributed by atoms with Crippen molar-refractivity contribution in [1.82, 2.24) is 4.90 Å². The summed E-state index contributed by atoms with van der Waals surface area (Å²) in [6.07, 6.45) is 1.02. The summed E-state index contributed by atoms with van der Waals surface area (Å²) in [5.41, 5.74) is 0. The van der Waals surface area contributed by atoms with Gasteiger partial charge < -0.3 is 10.0 Å². The van der Waals surface area contributed by atoms with Crippen LogP contribution in [-0.2, 0) is 0 Å². The second kappa shape index (κ2) is 5.82. The van der Waals surface area contributed by atoms with E-state index in [1.807, 2.05) is 0 Å². The van der Waals surface area contributed by atoms with Gasteiger partial charge in [0.05, 0.1) is 4.88 Å². The number of aromatic carboxylic acids is 1. The number of hydrogen-bond acceptors (Lipinski definition) is 3. The molecule has 0 bridgehead atoms. The molecule has 0 aliphatic carbocycles. The summed E-state index contributed by atoms with van der Waals surface area (Å²) in [6, 6.07) is 3.04. The van der Waals surface area contributed by atoms with Crippen molar-refractivity contribution < 1.29 is 14.7 Å². The molecule has 0 saturated carbocycles. The molecular weight excluding hydrogens is 238 g/mol. The standard InChI is InChI=1S/C12H17NO3S/c1-4-8(2)7-13(3)11(14)9-5-6-10(17-9)12(15)16/h5-6,8H,4,7H2,1-3H3,(H,15,16). The number of carboxylic acids is 1. The monoisotopic (exact) mass is 255 g/mol. The van der Waals surface area contributed by atoms with Gasteiger partial charge in [0.15, 0.2) is 0 Å². The Hall–Kier alpha value is -1.36. The minimum absolute atomic E-state index is 0.109. The zero-order valence-electron chi connectivity index (χ0n) is 10.3. The van der Waals surface area contributed by atoms with Crippen LogP contribution in [0.25, 0.3) is 0 Å². The summed E-state index contributed by atoms with van der Waals surface area (Å²) >= 11 is 1.02. The molecule has 0 spiro atoms. The minimum atomic E-state index is -0.987. The third-order valence-electron chi connectivity index (χ3n) is 2.66. The molecule has 0 radical (unpaired) electrons. The van der Waals surface area contributed by atoms with Crippen molar-refractivity contribution >= 4 is 23.2 Å². The van der Waals surface area contributed by atoms with E-state index in [9.17, 15) is 9.59 Å². The third kappa shape index (κ3) is 3.56. The molecule has 1 atom stereocenters. The van der Waals surface area contributed by atoms with Crippen molar-refractivity contribution in [2.45, 2.75) is 20.3 Å². The summed E-state index contributed by atoms with van der Waals surface area (Å²) < 4.78 is 0. The molecule has 17 heavy (non-hydrogen) atoms. The summed E-state index contributed by atoms with van der Waals surface area (Å²) in [4.78, 5) is 25.0. The van der Waals surface area contributed by atoms with Gasteiger partial charge in [-0.05, 0) is 18.1 Å². The van der Waals surface area contributed by atoms with E-state index in [1.165, 1.54) is 6.07 Å². The first-order valence-electron chi connectivity index (χ1n) is 5.54. The maximum absolute atomic E-state index is 12.0. The highest BCUT2D eigenvalue weighted by molar-refractivity contribution is 7.15. The summed E-state index contributed by atoms with van der Waals surface area (Å²) in [6.45, 7) is 4.85. The average Bonchev–Trinajstić information content (AvgIpc) is 2.77. The number of thiophene rings is 1. The first-order chi connectivity index (χ1) is 7.95.